The largest absolute Gasteiger partial charge is 0.434 e. The molecule has 0 amide bonds. The molecule has 1 N–H and O–H groups in total. The van der Waals surface area contributed by atoms with E-state index in [2.05, 4.69) is 9.97 Å². The molecule has 0 saturated carbocycles. The number of alkyl halides is 3. The molecule has 0 atom stereocenters. The molecule has 0 fully saturated rings. The Labute approximate surface area is 76.1 Å². The smallest absolute Gasteiger partial charge is 0.289 e. The molecule has 1 aromatic rings. The number of rotatable bonds is 1. The van der Waals surface area contributed by atoms with Crippen LogP contribution in [0.1, 0.15) is 11.3 Å². The van der Waals surface area contributed by atoms with Crippen LogP contribution in [0.4, 0.5) is 13.2 Å². The van der Waals surface area contributed by atoms with E-state index in [1.807, 2.05) is 0 Å². The zero-order valence-corrected chi connectivity index (χ0v) is 6.82. The molecule has 1 heterocycles. The quantitative estimate of drug-likeness (QED) is 0.720. The highest BCUT2D eigenvalue weighted by molar-refractivity contribution is 6.68. The van der Waals surface area contributed by atoms with Crippen molar-refractivity contribution in [2.75, 3.05) is 0 Å². The first kappa shape index (κ1) is 9.91. The summed E-state index contributed by atoms with van der Waals surface area (Å²) >= 11 is 5.12. The minimum absolute atomic E-state index is 0.517. The molecule has 0 aliphatic carbocycles. The maximum atomic E-state index is 12.2. The molecule has 0 aliphatic heterocycles. The summed E-state index contributed by atoms with van der Waals surface area (Å²) in [6.45, 7) is 0. The van der Waals surface area contributed by atoms with Crippen LogP contribution in [0.15, 0.2) is 12.5 Å². The van der Waals surface area contributed by atoms with Gasteiger partial charge < -0.3 is 0 Å². The van der Waals surface area contributed by atoms with Gasteiger partial charge in [-0.1, -0.05) is 11.6 Å². The van der Waals surface area contributed by atoms with Crippen molar-refractivity contribution >= 4 is 16.8 Å². The molecule has 0 aliphatic rings. The molecule has 0 aromatic carbocycles. The molecule has 3 nitrogen and oxygen atoms in total. The van der Waals surface area contributed by atoms with Crippen LogP contribution in [0, 0.1) is 5.41 Å². The van der Waals surface area contributed by atoms with Crippen molar-refractivity contribution in [2.24, 2.45) is 0 Å². The maximum Gasteiger partial charge on any atom is 0.434 e. The Balaban J connectivity index is 3.28. The van der Waals surface area contributed by atoms with Crippen molar-refractivity contribution in [3.05, 3.63) is 23.8 Å². The van der Waals surface area contributed by atoms with Gasteiger partial charge in [-0.15, -0.1) is 0 Å². The molecule has 0 spiro atoms. The van der Waals surface area contributed by atoms with Gasteiger partial charge >= 0.3 is 6.18 Å². The molecule has 0 saturated heterocycles. The van der Waals surface area contributed by atoms with E-state index in [4.69, 9.17) is 17.0 Å². The lowest BCUT2D eigenvalue weighted by Crippen LogP contribution is -2.13. The zero-order valence-electron chi connectivity index (χ0n) is 6.06. The fourth-order valence-corrected chi connectivity index (χ4v) is 0.854. The van der Waals surface area contributed by atoms with Gasteiger partial charge in [-0.2, -0.15) is 13.2 Å². The molecular formula is C6H3ClF3N3. The number of nitrogens with one attached hydrogen (secondary N) is 1. The average Bonchev–Trinajstić information content (AvgIpc) is 2.03. The highest BCUT2D eigenvalue weighted by atomic mass is 35.5. The summed E-state index contributed by atoms with van der Waals surface area (Å²) in [7, 11) is 0. The van der Waals surface area contributed by atoms with E-state index in [9.17, 15) is 13.2 Å². The Bertz CT molecular complexity index is 336. The van der Waals surface area contributed by atoms with E-state index in [-0.39, 0.29) is 0 Å². The Morgan fingerprint density at radius 1 is 1.46 bits per heavy atom. The summed E-state index contributed by atoms with van der Waals surface area (Å²) < 4.78 is 36.5. The summed E-state index contributed by atoms with van der Waals surface area (Å²) in [4.78, 5) is 6.35. The third-order valence-corrected chi connectivity index (χ3v) is 1.42. The summed E-state index contributed by atoms with van der Waals surface area (Å²) in [5.74, 6) is 0. The monoisotopic (exact) mass is 209 g/mol. The number of hydrogen-bond acceptors (Lipinski definition) is 3. The first-order valence-electron chi connectivity index (χ1n) is 3.04. The highest BCUT2D eigenvalue weighted by Crippen LogP contribution is 2.30. The third-order valence-electron chi connectivity index (χ3n) is 1.22. The topological polar surface area (TPSA) is 49.6 Å². The SMILES string of the molecule is N=C(Cl)c1cncnc1C(F)(F)F. The maximum absolute atomic E-state index is 12.2. The van der Waals surface area contributed by atoms with Gasteiger partial charge in [-0.25, -0.2) is 9.97 Å². The summed E-state index contributed by atoms with van der Waals surface area (Å²) in [5.41, 5.74) is -1.71. The molecule has 0 unspecified atom stereocenters. The first-order valence-corrected chi connectivity index (χ1v) is 3.42. The Kier molecular flexibility index (Phi) is 2.51. The van der Waals surface area contributed by atoms with Gasteiger partial charge in [0.15, 0.2) is 5.69 Å². The van der Waals surface area contributed by atoms with E-state index in [0.29, 0.717) is 0 Å². The fraction of sp³-hybridized carbons (Fsp3) is 0.167. The van der Waals surface area contributed by atoms with E-state index < -0.39 is 22.6 Å². The lowest BCUT2D eigenvalue weighted by molar-refractivity contribution is -0.141. The van der Waals surface area contributed by atoms with Crippen LogP contribution in [0.5, 0.6) is 0 Å². The Morgan fingerprint density at radius 2 is 2.08 bits per heavy atom. The Morgan fingerprint density at radius 3 is 2.46 bits per heavy atom. The van der Waals surface area contributed by atoms with Crippen LogP contribution in [0.25, 0.3) is 0 Å². The number of halogens is 4. The van der Waals surface area contributed by atoms with Gasteiger partial charge in [0.25, 0.3) is 0 Å². The van der Waals surface area contributed by atoms with Gasteiger partial charge in [0.2, 0.25) is 0 Å². The van der Waals surface area contributed by atoms with Crippen molar-refractivity contribution in [1.82, 2.24) is 9.97 Å². The van der Waals surface area contributed by atoms with Crippen LogP contribution >= 0.6 is 11.6 Å². The average molecular weight is 210 g/mol. The van der Waals surface area contributed by atoms with E-state index in [0.717, 1.165) is 12.5 Å². The van der Waals surface area contributed by atoms with Crippen LogP contribution < -0.4 is 0 Å². The lowest BCUT2D eigenvalue weighted by Gasteiger charge is -2.07. The minimum atomic E-state index is -4.61. The van der Waals surface area contributed by atoms with Crippen LogP contribution in [-0.4, -0.2) is 15.1 Å². The summed E-state index contributed by atoms with van der Waals surface area (Å²) in [5, 5.41) is 6.11. The van der Waals surface area contributed by atoms with Gasteiger partial charge in [-0.05, 0) is 0 Å². The van der Waals surface area contributed by atoms with Crippen molar-refractivity contribution in [1.29, 1.82) is 5.41 Å². The fourth-order valence-electron chi connectivity index (χ4n) is 0.716. The lowest BCUT2D eigenvalue weighted by atomic mass is 10.2. The van der Waals surface area contributed by atoms with E-state index >= 15 is 0 Å². The molecule has 13 heavy (non-hydrogen) atoms. The second-order valence-corrected chi connectivity index (χ2v) is 2.47. The predicted molar refractivity (Wildman–Crippen MR) is 39.7 cm³/mol. The molecular weight excluding hydrogens is 207 g/mol. The van der Waals surface area contributed by atoms with Gasteiger partial charge in [0.1, 0.15) is 11.5 Å². The summed E-state index contributed by atoms with van der Waals surface area (Å²) in [6, 6.07) is 0. The van der Waals surface area contributed by atoms with Crippen molar-refractivity contribution < 1.29 is 13.2 Å². The van der Waals surface area contributed by atoms with E-state index in [1.54, 1.807) is 0 Å². The van der Waals surface area contributed by atoms with Crippen molar-refractivity contribution in [3.63, 3.8) is 0 Å². The van der Waals surface area contributed by atoms with Crippen molar-refractivity contribution in [3.8, 4) is 0 Å². The van der Waals surface area contributed by atoms with Gasteiger partial charge in [0.05, 0.1) is 5.56 Å². The normalized spacial score (nSPS) is 11.4. The van der Waals surface area contributed by atoms with Gasteiger partial charge in [-0.3, -0.25) is 5.41 Å². The standard InChI is InChI=1S/C6H3ClF3N3/c7-5(11)3-1-12-2-13-4(3)6(8,9)10/h1-2,11H. The number of nitrogens with zero attached hydrogens (tertiary/aromatic N) is 2. The second kappa shape index (κ2) is 3.29. The predicted octanol–water partition coefficient (Wildman–Crippen LogP) is 2.06. The molecule has 1 aromatic heterocycles. The highest BCUT2D eigenvalue weighted by Gasteiger charge is 2.36. The number of hydrogen-bond donors (Lipinski definition) is 1. The molecule has 0 bridgehead atoms. The number of aromatic nitrogens is 2. The third kappa shape index (κ3) is 2.15. The zero-order chi connectivity index (χ0) is 10.1. The van der Waals surface area contributed by atoms with Gasteiger partial charge in [0, 0.05) is 6.20 Å². The molecule has 70 valence electrons. The molecule has 7 heteroatoms. The molecule has 0 radical (unpaired) electrons. The van der Waals surface area contributed by atoms with Crippen LogP contribution in [0.2, 0.25) is 0 Å². The first-order chi connectivity index (χ1) is 5.93. The Hall–Kier alpha value is -1.17. The van der Waals surface area contributed by atoms with Crippen LogP contribution in [0.3, 0.4) is 0 Å². The van der Waals surface area contributed by atoms with E-state index in [1.165, 1.54) is 0 Å². The minimum Gasteiger partial charge on any atom is -0.289 e. The second-order valence-electron chi connectivity index (χ2n) is 2.10. The molecule has 1 rings (SSSR count). The van der Waals surface area contributed by atoms with Crippen molar-refractivity contribution in [2.45, 2.75) is 6.18 Å². The summed E-state index contributed by atoms with van der Waals surface area (Å²) in [6.07, 6.45) is -3.00. The van der Waals surface area contributed by atoms with Crippen LogP contribution in [-0.2, 0) is 6.18 Å².